The van der Waals surface area contributed by atoms with Gasteiger partial charge in [0, 0.05) is 6.54 Å². The number of anilines is 1. The van der Waals surface area contributed by atoms with E-state index in [0.717, 1.165) is 0 Å². The Labute approximate surface area is 160 Å². The van der Waals surface area contributed by atoms with Crippen molar-refractivity contribution in [2.24, 2.45) is 0 Å². The number of carbonyl (C=O) groups excluding carboxylic acids is 2. The summed E-state index contributed by atoms with van der Waals surface area (Å²) in [5, 5.41) is 3.17. The topological polar surface area (TPSA) is 58.6 Å². The Morgan fingerprint density at radius 2 is 1.77 bits per heavy atom. The van der Waals surface area contributed by atoms with Crippen molar-refractivity contribution in [3.8, 4) is 5.75 Å². The van der Waals surface area contributed by atoms with Gasteiger partial charge in [-0.2, -0.15) is 0 Å². The number of rotatable bonds is 7. The molecule has 0 spiro atoms. The van der Waals surface area contributed by atoms with Crippen molar-refractivity contribution in [3.63, 3.8) is 0 Å². The molecule has 0 unspecified atom stereocenters. The Morgan fingerprint density at radius 3 is 2.38 bits per heavy atom. The summed E-state index contributed by atoms with van der Waals surface area (Å²) in [6.45, 7) is 1.41. The first-order chi connectivity index (χ1) is 12.4. The second kappa shape index (κ2) is 9.40. The molecule has 1 N–H and O–H groups in total. The van der Waals surface area contributed by atoms with Gasteiger partial charge in [-0.15, -0.1) is 0 Å². The summed E-state index contributed by atoms with van der Waals surface area (Å²) in [5.74, 6) is -1.49. The lowest BCUT2D eigenvalue weighted by Crippen LogP contribution is -2.40. The molecule has 2 aromatic rings. The number of likely N-dealkylation sites (N-methyl/N-ethyl adjacent to an activating group) is 1. The molecule has 0 aromatic heterocycles. The van der Waals surface area contributed by atoms with E-state index in [4.69, 9.17) is 27.9 Å². The minimum Gasteiger partial charge on any atom is -0.481 e. The van der Waals surface area contributed by atoms with E-state index in [9.17, 15) is 14.0 Å². The van der Waals surface area contributed by atoms with E-state index in [-0.39, 0.29) is 31.1 Å². The van der Waals surface area contributed by atoms with Gasteiger partial charge >= 0.3 is 0 Å². The van der Waals surface area contributed by atoms with Crippen LogP contribution in [0.4, 0.5) is 10.1 Å². The highest BCUT2D eigenvalue weighted by atomic mass is 35.5. The Hall–Kier alpha value is -2.31. The number of para-hydroxylation sites is 2. The number of halogens is 3. The number of carbonyl (C=O) groups is 2. The molecule has 0 saturated heterocycles. The van der Waals surface area contributed by atoms with Gasteiger partial charge < -0.3 is 15.0 Å². The first-order valence-corrected chi connectivity index (χ1v) is 8.57. The van der Waals surface area contributed by atoms with Gasteiger partial charge in [0.25, 0.3) is 5.91 Å². The van der Waals surface area contributed by atoms with E-state index >= 15 is 0 Å². The molecular weight excluding hydrogens is 382 g/mol. The Balaban J connectivity index is 1.94. The smallest absolute Gasteiger partial charge is 0.260 e. The van der Waals surface area contributed by atoms with Crippen LogP contribution in [0.25, 0.3) is 0 Å². The lowest BCUT2D eigenvalue weighted by molar-refractivity contribution is -0.136. The summed E-state index contributed by atoms with van der Waals surface area (Å²) in [6, 6.07) is 10.6. The lowest BCUT2D eigenvalue weighted by Gasteiger charge is -2.21. The standard InChI is InChI=1S/C18H17Cl2FN2O3/c1-2-23(17(25)11-26-15-9-4-3-8-14(15)21)10-16(24)22-18-12(19)6-5-7-13(18)20/h3-9H,2,10-11H2,1H3,(H,22,24). The molecule has 0 radical (unpaired) electrons. The summed E-state index contributed by atoms with van der Waals surface area (Å²) in [4.78, 5) is 25.7. The molecule has 0 atom stereocenters. The number of nitrogens with zero attached hydrogens (tertiary/aromatic N) is 1. The number of ether oxygens (including phenoxy) is 1. The van der Waals surface area contributed by atoms with Crippen molar-refractivity contribution in [3.05, 3.63) is 58.3 Å². The maximum atomic E-state index is 13.5. The van der Waals surface area contributed by atoms with E-state index in [1.165, 1.54) is 23.1 Å². The van der Waals surface area contributed by atoms with E-state index in [2.05, 4.69) is 5.32 Å². The molecule has 0 fully saturated rings. The zero-order chi connectivity index (χ0) is 19.1. The number of benzene rings is 2. The fourth-order valence-electron chi connectivity index (χ4n) is 2.14. The van der Waals surface area contributed by atoms with Crippen molar-refractivity contribution < 1.29 is 18.7 Å². The first kappa shape index (κ1) is 20.0. The van der Waals surface area contributed by atoms with Gasteiger partial charge in [-0.1, -0.05) is 41.4 Å². The molecule has 2 amide bonds. The number of hydrogen-bond acceptors (Lipinski definition) is 3. The fourth-order valence-corrected chi connectivity index (χ4v) is 2.63. The van der Waals surface area contributed by atoms with Crippen LogP contribution in [0, 0.1) is 5.82 Å². The Morgan fingerprint density at radius 1 is 1.12 bits per heavy atom. The minimum atomic E-state index is -0.561. The normalized spacial score (nSPS) is 10.3. The van der Waals surface area contributed by atoms with Crippen LogP contribution < -0.4 is 10.1 Å². The van der Waals surface area contributed by atoms with Gasteiger partial charge in [0.15, 0.2) is 18.2 Å². The van der Waals surface area contributed by atoms with Gasteiger partial charge in [-0.05, 0) is 31.2 Å². The predicted octanol–water partition coefficient (Wildman–Crippen LogP) is 4.00. The molecule has 0 aliphatic carbocycles. The van der Waals surface area contributed by atoms with Gasteiger partial charge in [0.2, 0.25) is 5.91 Å². The van der Waals surface area contributed by atoms with E-state index < -0.39 is 17.6 Å². The van der Waals surface area contributed by atoms with Crippen LogP contribution in [-0.4, -0.2) is 36.4 Å². The van der Waals surface area contributed by atoms with Crippen molar-refractivity contribution >= 4 is 40.7 Å². The van der Waals surface area contributed by atoms with E-state index in [1.54, 1.807) is 31.2 Å². The molecule has 0 aliphatic heterocycles. The van der Waals surface area contributed by atoms with Gasteiger partial charge in [-0.25, -0.2) is 4.39 Å². The van der Waals surface area contributed by atoms with Crippen LogP contribution in [0.2, 0.25) is 10.0 Å². The number of hydrogen-bond donors (Lipinski definition) is 1. The highest BCUT2D eigenvalue weighted by Gasteiger charge is 2.18. The summed E-state index contributed by atoms with van der Waals surface area (Å²) in [5.41, 5.74) is 0.284. The lowest BCUT2D eigenvalue weighted by atomic mass is 10.3. The molecular formula is C18H17Cl2FN2O3. The third kappa shape index (κ3) is 5.34. The summed E-state index contributed by atoms with van der Waals surface area (Å²) >= 11 is 12.0. The van der Waals surface area contributed by atoms with Crippen molar-refractivity contribution in [1.82, 2.24) is 4.90 Å². The third-order valence-electron chi connectivity index (χ3n) is 3.48. The Bertz CT molecular complexity index is 782. The zero-order valence-electron chi connectivity index (χ0n) is 14.0. The zero-order valence-corrected chi connectivity index (χ0v) is 15.5. The van der Waals surface area contributed by atoms with Crippen LogP contribution in [-0.2, 0) is 9.59 Å². The molecule has 26 heavy (non-hydrogen) atoms. The SMILES string of the molecule is CCN(CC(=O)Nc1c(Cl)cccc1Cl)C(=O)COc1ccccc1F. The maximum absolute atomic E-state index is 13.5. The molecule has 2 aromatic carbocycles. The summed E-state index contributed by atoms with van der Waals surface area (Å²) in [6.07, 6.45) is 0. The minimum absolute atomic E-state index is 0.0239. The highest BCUT2D eigenvalue weighted by Crippen LogP contribution is 2.29. The second-order valence-corrected chi connectivity index (χ2v) is 6.09. The van der Waals surface area contributed by atoms with Crippen LogP contribution in [0.3, 0.4) is 0 Å². The van der Waals surface area contributed by atoms with Gasteiger partial charge in [0.05, 0.1) is 22.3 Å². The number of nitrogens with one attached hydrogen (secondary N) is 1. The monoisotopic (exact) mass is 398 g/mol. The van der Waals surface area contributed by atoms with Gasteiger partial charge in [0.1, 0.15) is 0 Å². The van der Waals surface area contributed by atoms with Crippen molar-refractivity contribution in [1.29, 1.82) is 0 Å². The first-order valence-electron chi connectivity index (χ1n) is 7.81. The van der Waals surface area contributed by atoms with Crippen molar-refractivity contribution in [2.45, 2.75) is 6.92 Å². The fraction of sp³-hybridized carbons (Fsp3) is 0.222. The maximum Gasteiger partial charge on any atom is 0.260 e. The molecule has 2 rings (SSSR count). The molecule has 0 bridgehead atoms. The predicted molar refractivity (Wildman–Crippen MR) is 99.2 cm³/mol. The second-order valence-electron chi connectivity index (χ2n) is 5.27. The molecule has 5 nitrogen and oxygen atoms in total. The van der Waals surface area contributed by atoms with Crippen LogP contribution in [0.15, 0.2) is 42.5 Å². The average Bonchev–Trinajstić information content (AvgIpc) is 2.62. The molecule has 8 heteroatoms. The molecule has 0 aliphatic rings. The van der Waals surface area contributed by atoms with E-state index in [1.807, 2.05) is 0 Å². The average molecular weight is 399 g/mol. The van der Waals surface area contributed by atoms with Crippen molar-refractivity contribution in [2.75, 3.05) is 25.0 Å². The largest absolute Gasteiger partial charge is 0.481 e. The van der Waals surface area contributed by atoms with E-state index in [0.29, 0.717) is 10.0 Å². The molecule has 138 valence electrons. The molecule has 0 saturated carbocycles. The summed E-state index contributed by atoms with van der Waals surface area (Å²) in [7, 11) is 0. The number of amides is 2. The Kier molecular flexibility index (Phi) is 7.24. The quantitative estimate of drug-likeness (QED) is 0.766. The van der Waals surface area contributed by atoms with Crippen LogP contribution in [0.5, 0.6) is 5.75 Å². The third-order valence-corrected chi connectivity index (χ3v) is 4.11. The summed E-state index contributed by atoms with van der Waals surface area (Å²) < 4.78 is 18.7. The molecule has 0 heterocycles. The van der Waals surface area contributed by atoms with Crippen LogP contribution >= 0.6 is 23.2 Å². The van der Waals surface area contributed by atoms with Crippen LogP contribution in [0.1, 0.15) is 6.92 Å². The highest BCUT2D eigenvalue weighted by molar-refractivity contribution is 6.39. The van der Waals surface area contributed by atoms with Gasteiger partial charge in [-0.3, -0.25) is 9.59 Å².